The maximum atomic E-state index is 12.9. The van der Waals surface area contributed by atoms with Gasteiger partial charge in [0, 0.05) is 5.69 Å². The zero-order valence-electron chi connectivity index (χ0n) is 15.0. The van der Waals surface area contributed by atoms with Crippen molar-refractivity contribution in [1.82, 2.24) is 10.1 Å². The van der Waals surface area contributed by atoms with E-state index in [4.69, 9.17) is 16.1 Å². The number of fused-ring (bicyclic) bond motifs is 1. The molecule has 4 rings (SSSR count). The van der Waals surface area contributed by atoms with Crippen LogP contribution in [0.5, 0.6) is 0 Å². The van der Waals surface area contributed by atoms with Crippen molar-refractivity contribution in [2.75, 3.05) is 10.6 Å². The first-order valence-corrected chi connectivity index (χ1v) is 8.94. The molecule has 0 aliphatic rings. The van der Waals surface area contributed by atoms with Crippen molar-refractivity contribution in [2.24, 2.45) is 0 Å². The van der Waals surface area contributed by atoms with Crippen LogP contribution in [0.15, 0.2) is 65.3 Å². The largest absolute Gasteiger partial charge is 0.416 e. The molecule has 2 heterocycles. The van der Waals surface area contributed by atoms with Gasteiger partial charge in [-0.15, -0.1) is 0 Å². The third kappa shape index (κ3) is 4.06. The van der Waals surface area contributed by atoms with Crippen molar-refractivity contribution < 1.29 is 22.5 Å². The molecule has 1 amide bonds. The van der Waals surface area contributed by atoms with Gasteiger partial charge in [-0.2, -0.15) is 13.2 Å². The number of hydrogen-bond acceptors (Lipinski definition) is 5. The predicted octanol–water partition coefficient (Wildman–Crippen LogP) is 5.89. The third-order valence-corrected chi connectivity index (χ3v) is 4.40. The average Bonchev–Trinajstić information content (AvgIpc) is 3.12. The lowest BCUT2D eigenvalue weighted by Crippen LogP contribution is -2.12. The van der Waals surface area contributed by atoms with Crippen LogP contribution in [0.25, 0.3) is 11.0 Å². The van der Waals surface area contributed by atoms with Gasteiger partial charge in [-0.3, -0.25) is 4.79 Å². The van der Waals surface area contributed by atoms with E-state index in [-0.39, 0.29) is 27.8 Å². The minimum absolute atomic E-state index is 0.183. The molecule has 10 heteroatoms. The Morgan fingerprint density at radius 3 is 2.57 bits per heavy atom. The van der Waals surface area contributed by atoms with Crippen LogP contribution >= 0.6 is 11.6 Å². The van der Waals surface area contributed by atoms with Crippen LogP contribution < -0.4 is 10.6 Å². The second-order valence-electron chi connectivity index (χ2n) is 6.24. The summed E-state index contributed by atoms with van der Waals surface area (Å²) in [6.07, 6.45) is -3.06. The van der Waals surface area contributed by atoms with Gasteiger partial charge in [-0.05, 0) is 42.5 Å². The molecule has 2 N–H and O–H groups in total. The third-order valence-electron chi connectivity index (χ3n) is 4.18. The average molecular weight is 433 g/mol. The van der Waals surface area contributed by atoms with Crippen molar-refractivity contribution in [3.05, 3.63) is 77.1 Å². The quantitative estimate of drug-likeness (QED) is 0.393. The van der Waals surface area contributed by atoms with Crippen LogP contribution in [-0.4, -0.2) is 16.0 Å². The molecule has 0 unspecified atom stereocenters. The summed E-state index contributed by atoms with van der Waals surface area (Å²) in [4.78, 5) is 16.5. The number of alkyl halides is 3. The van der Waals surface area contributed by atoms with E-state index < -0.39 is 17.6 Å². The molecule has 2 aromatic heterocycles. The molecular weight excluding hydrogens is 421 g/mol. The fourth-order valence-corrected chi connectivity index (χ4v) is 2.90. The topological polar surface area (TPSA) is 80.0 Å². The Bertz CT molecular complexity index is 1220. The second kappa shape index (κ2) is 7.68. The summed E-state index contributed by atoms with van der Waals surface area (Å²) >= 11 is 5.73. The van der Waals surface area contributed by atoms with Gasteiger partial charge in [0.15, 0.2) is 11.4 Å². The van der Waals surface area contributed by atoms with E-state index in [1.165, 1.54) is 24.4 Å². The number of para-hydroxylation sites is 1. The molecule has 0 fully saturated rings. The molecule has 0 radical (unpaired) electrons. The number of aromatic nitrogens is 2. The fourth-order valence-electron chi connectivity index (χ4n) is 2.79. The molecule has 0 atom stereocenters. The molecule has 30 heavy (non-hydrogen) atoms. The van der Waals surface area contributed by atoms with Crippen molar-refractivity contribution in [1.29, 1.82) is 0 Å². The number of nitrogens with zero attached hydrogens (tertiary/aromatic N) is 2. The van der Waals surface area contributed by atoms with Crippen molar-refractivity contribution >= 4 is 45.7 Å². The zero-order chi connectivity index (χ0) is 21.3. The minimum atomic E-state index is -4.47. The van der Waals surface area contributed by atoms with E-state index in [0.717, 1.165) is 12.1 Å². The Morgan fingerprint density at radius 2 is 1.83 bits per heavy atom. The molecule has 0 aliphatic carbocycles. The number of anilines is 3. The first-order valence-electron chi connectivity index (χ1n) is 8.57. The summed E-state index contributed by atoms with van der Waals surface area (Å²) in [5.74, 6) is -0.279. The first kappa shape index (κ1) is 19.7. The van der Waals surface area contributed by atoms with Crippen molar-refractivity contribution in [2.45, 2.75) is 6.18 Å². The molecule has 0 aliphatic heterocycles. The molecule has 0 saturated carbocycles. The molecule has 152 valence electrons. The summed E-state index contributed by atoms with van der Waals surface area (Å²) in [6.45, 7) is 0. The zero-order valence-corrected chi connectivity index (χ0v) is 15.8. The van der Waals surface area contributed by atoms with Crippen LogP contribution in [0.1, 0.15) is 15.9 Å². The molecular formula is C20H12ClF3N4O2. The number of benzene rings is 2. The summed E-state index contributed by atoms with van der Waals surface area (Å²) < 4.78 is 44.1. The molecule has 4 aromatic rings. The van der Waals surface area contributed by atoms with E-state index in [9.17, 15) is 18.0 Å². The maximum Gasteiger partial charge on any atom is 0.416 e. The predicted molar refractivity (Wildman–Crippen MR) is 106 cm³/mol. The molecule has 6 nitrogen and oxygen atoms in total. The lowest BCUT2D eigenvalue weighted by atomic mass is 10.1. The van der Waals surface area contributed by atoms with Gasteiger partial charge in [-0.1, -0.05) is 28.9 Å². The summed E-state index contributed by atoms with van der Waals surface area (Å²) in [6, 6.07) is 12.6. The summed E-state index contributed by atoms with van der Waals surface area (Å²) in [5.41, 5.74) is 0.209. The van der Waals surface area contributed by atoms with E-state index >= 15 is 0 Å². The van der Waals surface area contributed by atoms with Crippen LogP contribution in [0.2, 0.25) is 5.15 Å². The molecule has 0 saturated heterocycles. The van der Waals surface area contributed by atoms with Gasteiger partial charge in [-0.25, -0.2) is 4.98 Å². The summed E-state index contributed by atoms with van der Waals surface area (Å²) in [5, 5.41) is 10.1. The Morgan fingerprint density at radius 1 is 1.03 bits per heavy atom. The lowest BCUT2D eigenvalue weighted by molar-refractivity contribution is -0.137. The minimum Gasteiger partial charge on any atom is -0.353 e. The Balaban J connectivity index is 1.62. The summed E-state index contributed by atoms with van der Waals surface area (Å²) in [7, 11) is 0. The van der Waals surface area contributed by atoms with Crippen LogP contribution in [0, 0.1) is 0 Å². The van der Waals surface area contributed by atoms with E-state index in [2.05, 4.69) is 20.8 Å². The number of carbonyl (C=O) groups is 1. The van der Waals surface area contributed by atoms with Gasteiger partial charge >= 0.3 is 6.18 Å². The van der Waals surface area contributed by atoms with Crippen LogP contribution in [-0.2, 0) is 6.18 Å². The SMILES string of the molecule is O=C(Nc1ccc(Cl)nc1)c1cccc2c(Nc3cccc(C(F)(F)F)c3)noc12. The van der Waals surface area contributed by atoms with Gasteiger partial charge in [0.05, 0.1) is 28.4 Å². The van der Waals surface area contributed by atoms with Crippen molar-refractivity contribution in [3.8, 4) is 0 Å². The van der Waals surface area contributed by atoms with Crippen LogP contribution in [0.4, 0.5) is 30.4 Å². The number of nitrogens with one attached hydrogen (secondary N) is 2. The van der Waals surface area contributed by atoms with Crippen LogP contribution in [0.3, 0.4) is 0 Å². The smallest absolute Gasteiger partial charge is 0.353 e. The lowest BCUT2D eigenvalue weighted by Gasteiger charge is -2.09. The highest BCUT2D eigenvalue weighted by molar-refractivity contribution is 6.29. The highest BCUT2D eigenvalue weighted by Crippen LogP contribution is 2.33. The first-order chi connectivity index (χ1) is 14.3. The van der Waals surface area contributed by atoms with E-state index in [1.54, 1.807) is 24.3 Å². The van der Waals surface area contributed by atoms with Gasteiger partial charge < -0.3 is 15.2 Å². The standard InChI is InChI=1S/C20H12ClF3N4O2/c21-16-8-7-13(10-25-16)27-19(29)15-6-2-5-14-17(15)30-28-18(14)26-12-4-1-3-11(9-12)20(22,23)24/h1-10H,(H,26,28)(H,27,29). The molecule has 0 spiro atoms. The number of carbonyl (C=O) groups excluding carboxylic acids is 1. The maximum absolute atomic E-state index is 12.9. The number of amides is 1. The molecule has 2 aromatic carbocycles. The fraction of sp³-hybridized carbons (Fsp3) is 0.0500. The van der Waals surface area contributed by atoms with Crippen molar-refractivity contribution in [3.63, 3.8) is 0 Å². The highest BCUT2D eigenvalue weighted by atomic mass is 35.5. The van der Waals surface area contributed by atoms with Gasteiger partial charge in [0.25, 0.3) is 5.91 Å². The number of pyridine rings is 1. The number of rotatable bonds is 4. The Hall–Kier alpha value is -3.59. The van der Waals surface area contributed by atoms with Gasteiger partial charge in [0.1, 0.15) is 5.15 Å². The normalized spacial score (nSPS) is 11.5. The number of halogens is 4. The number of hydrogen-bond donors (Lipinski definition) is 2. The van der Waals surface area contributed by atoms with E-state index in [0.29, 0.717) is 11.1 Å². The highest BCUT2D eigenvalue weighted by Gasteiger charge is 2.30. The molecule has 0 bridgehead atoms. The Kier molecular flexibility index (Phi) is 5.04. The second-order valence-corrected chi connectivity index (χ2v) is 6.63. The monoisotopic (exact) mass is 432 g/mol. The Labute approximate surface area is 172 Å². The van der Waals surface area contributed by atoms with E-state index in [1.807, 2.05) is 0 Å². The van der Waals surface area contributed by atoms with Gasteiger partial charge in [0.2, 0.25) is 0 Å².